The van der Waals surface area contributed by atoms with Crippen LogP contribution < -0.4 is 10.1 Å². The predicted molar refractivity (Wildman–Crippen MR) is 95.2 cm³/mol. The minimum absolute atomic E-state index is 0.0120. The summed E-state index contributed by atoms with van der Waals surface area (Å²) >= 11 is 0. The average molecular weight is 320 g/mol. The second-order valence-electron chi connectivity index (χ2n) is 5.37. The van der Waals surface area contributed by atoms with Crippen LogP contribution in [0.1, 0.15) is 17.2 Å². The van der Waals surface area contributed by atoms with Crippen LogP contribution in [0.4, 0.5) is 5.69 Å². The molecule has 4 nitrogen and oxygen atoms in total. The Morgan fingerprint density at radius 3 is 2.21 bits per heavy atom. The third-order valence-electron chi connectivity index (χ3n) is 3.70. The molecule has 3 aromatic rings. The molecule has 3 rings (SSSR count). The van der Waals surface area contributed by atoms with E-state index in [9.17, 15) is 0 Å². The number of nitrogens with zero attached hydrogens (tertiary/aromatic N) is 1. The molecule has 1 unspecified atom stereocenters. The summed E-state index contributed by atoms with van der Waals surface area (Å²) in [6.07, 6.45) is 3.61. The Labute approximate surface area is 141 Å². The summed E-state index contributed by atoms with van der Waals surface area (Å²) in [6, 6.07) is 22.1. The SMILES string of the molecule is OCCOc1ccc(NC(c2ccccc2)c2ccncc2)cc1. The molecular formula is C20H20N2O2. The lowest BCUT2D eigenvalue weighted by molar-refractivity contribution is 0.201. The van der Waals surface area contributed by atoms with Gasteiger partial charge in [0.2, 0.25) is 0 Å². The lowest BCUT2D eigenvalue weighted by Gasteiger charge is -2.21. The summed E-state index contributed by atoms with van der Waals surface area (Å²) in [5.74, 6) is 0.745. The quantitative estimate of drug-likeness (QED) is 0.697. The normalized spacial score (nSPS) is 11.7. The van der Waals surface area contributed by atoms with Gasteiger partial charge in [0.1, 0.15) is 12.4 Å². The van der Waals surface area contributed by atoms with Crippen LogP contribution in [-0.4, -0.2) is 23.3 Å². The highest BCUT2D eigenvalue weighted by Crippen LogP contribution is 2.27. The van der Waals surface area contributed by atoms with E-state index in [0.29, 0.717) is 6.61 Å². The van der Waals surface area contributed by atoms with Crippen LogP contribution in [0.3, 0.4) is 0 Å². The van der Waals surface area contributed by atoms with Crippen LogP contribution in [0.2, 0.25) is 0 Å². The van der Waals surface area contributed by atoms with Crippen molar-refractivity contribution in [3.63, 3.8) is 0 Å². The molecular weight excluding hydrogens is 300 g/mol. The number of ether oxygens (including phenoxy) is 1. The number of pyridine rings is 1. The van der Waals surface area contributed by atoms with E-state index >= 15 is 0 Å². The van der Waals surface area contributed by atoms with Crippen molar-refractivity contribution in [2.45, 2.75) is 6.04 Å². The first kappa shape index (κ1) is 16.0. The molecule has 122 valence electrons. The number of hydrogen-bond donors (Lipinski definition) is 2. The summed E-state index contributed by atoms with van der Waals surface area (Å²) in [5, 5.41) is 12.4. The molecule has 24 heavy (non-hydrogen) atoms. The fourth-order valence-electron chi connectivity index (χ4n) is 2.54. The van der Waals surface area contributed by atoms with Gasteiger partial charge >= 0.3 is 0 Å². The molecule has 0 aliphatic rings. The molecule has 0 amide bonds. The van der Waals surface area contributed by atoms with Gasteiger partial charge in [0.05, 0.1) is 12.6 Å². The molecule has 0 bridgehead atoms. The van der Waals surface area contributed by atoms with Gasteiger partial charge in [0.25, 0.3) is 0 Å². The molecule has 0 fully saturated rings. The Balaban J connectivity index is 1.82. The van der Waals surface area contributed by atoms with Crippen LogP contribution in [0, 0.1) is 0 Å². The van der Waals surface area contributed by atoms with Crippen molar-refractivity contribution in [2.24, 2.45) is 0 Å². The second kappa shape index (κ2) is 8.13. The van der Waals surface area contributed by atoms with E-state index in [1.807, 2.05) is 54.6 Å². The Morgan fingerprint density at radius 1 is 0.875 bits per heavy atom. The molecule has 1 atom stereocenters. The van der Waals surface area contributed by atoms with Crippen molar-refractivity contribution in [1.82, 2.24) is 4.98 Å². The second-order valence-corrected chi connectivity index (χ2v) is 5.37. The zero-order valence-corrected chi connectivity index (χ0v) is 13.3. The van der Waals surface area contributed by atoms with Crippen molar-refractivity contribution in [3.8, 4) is 5.75 Å². The van der Waals surface area contributed by atoms with E-state index in [1.54, 1.807) is 12.4 Å². The van der Waals surface area contributed by atoms with Gasteiger partial charge in [-0.3, -0.25) is 4.98 Å². The number of nitrogens with one attached hydrogen (secondary N) is 1. The number of aromatic nitrogens is 1. The van der Waals surface area contributed by atoms with Crippen molar-refractivity contribution in [2.75, 3.05) is 18.5 Å². The summed E-state index contributed by atoms with van der Waals surface area (Å²) in [6.45, 7) is 0.314. The Bertz CT molecular complexity index is 691. The summed E-state index contributed by atoms with van der Waals surface area (Å²) < 4.78 is 5.40. The highest BCUT2D eigenvalue weighted by Gasteiger charge is 2.13. The van der Waals surface area contributed by atoms with Gasteiger partial charge in [-0.1, -0.05) is 30.3 Å². The van der Waals surface area contributed by atoms with Crippen molar-refractivity contribution < 1.29 is 9.84 Å². The summed E-state index contributed by atoms with van der Waals surface area (Å²) in [4.78, 5) is 4.10. The molecule has 0 saturated heterocycles. The van der Waals surface area contributed by atoms with Crippen molar-refractivity contribution in [3.05, 3.63) is 90.3 Å². The molecule has 1 heterocycles. The zero-order valence-electron chi connectivity index (χ0n) is 13.3. The third kappa shape index (κ3) is 4.12. The predicted octanol–water partition coefficient (Wildman–Crippen LogP) is 3.65. The first-order valence-corrected chi connectivity index (χ1v) is 7.92. The van der Waals surface area contributed by atoms with Gasteiger partial charge in [0, 0.05) is 18.1 Å². The maximum atomic E-state index is 8.81. The first-order valence-electron chi connectivity index (χ1n) is 7.92. The van der Waals surface area contributed by atoms with Crippen LogP contribution >= 0.6 is 0 Å². The molecule has 0 radical (unpaired) electrons. The van der Waals surface area contributed by atoms with Gasteiger partial charge in [-0.25, -0.2) is 0 Å². The lowest BCUT2D eigenvalue weighted by Crippen LogP contribution is -2.12. The number of rotatable bonds is 7. The number of aliphatic hydroxyl groups excluding tert-OH is 1. The van der Waals surface area contributed by atoms with E-state index in [4.69, 9.17) is 9.84 Å². The molecule has 0 aliphatic heterocycles. The maximum absolute atomic E-state index is 8.81. The molecule has 0 aliphatic carbocycles. The van der Waals surface area contributed by atoms with Gasteiger partial charge < -0.3 is 15.2 Å². The van der Waals surface area contributed by atoms with Crippen molar-refractivity contribution >= 4 is 5.69 Å². The lowest BCUT2D eigenvalue weighted by atomic mass is 9.99. The van der Waals surface area contributed by atoms with E-state index in [2.05, 4.69) is 22.4 Å². The minimum Gasteiger partial charge on any atom is -0.491 e. The maximum Gasteiger partial charge on any atom is 0.119 e. The Morgan fingerprint density at radius 2 is 1.54 bits per heavy atom. The highest BCUT2D eigenvalue weighted by atomic mass is 16.5. The van der Waals surface area contributed by atoms with E-state index < -0.39 is 0 Å². The summed E-state index contributed by atoms with van der Waals surface area (Å²) in [5.41, 5.74) is 3.33. The standard InChI is InChI=1S/C20H20N2O2/c23-14-15-24-19-8-6-18(7-9-19)22-20(16-4-2-1-3-5-16)17-10-12-21-13-11-17/h1-13,20,22-23H,14-15H2. The molecule has 2 aromatic carbocycles. The van der Waals surface area contributed by atoms with Crippen LogP contribution in [0.5, 0.6) is 5.75 Å². The van der Waals surface area contributed by atoms with E-state index in [0.717, 1.165) is 17.0 Å². The van der Waals surface area contributed by atoms with Gasteiger partial charge in [-0.15, -0.1) is 0 Å². The summed E-state index contributed by atoms with van der Waals surface area (Å²) in [7, 11) is 0. The van der Waals surface area contributed by atoms with Gasteiger partial charge in [0.15, 0.2) is 0 Å². The molecule has 2 N–H and O–H groups in total. The fourth-order valence-corrected chi connectivity index (χ4v) is 2.54. The minimum atomic E-state index is 0.0120. The largest absolute Gasteiger partial charge is 0.491 e. The Hall–Kier alpha value is -2.85. The topological polar surface area (TPSA) is 54.4 Å². The number of anilines is 1. The van der Waals surface area contributed by atoms with Crippen LogP contribution in [-0.2, 0) is 0 Å². The number of hydrogen-bond acceptors (Lipinski definition) is 4. The fraction of sp³-hybridized carbons (Fsp3) is 0.150. The van der Waals surface area contributed by atoms with Gasteiger partial charge in [-0.2, -0.15) is 0 Å². The molecule has 4 heteroatoms. The zero-order chi connectivity index (χ0) is 16.6. The van der Waals surface area contributed by atoms with E-state index in [-0.39, 0.29) is 12.6 Å². The van der Waals surface area contributed by atoms with Crippen LogP contribution in [0.15, 0.2) is 79.1 Å². The Kier molecular flexibility index (Phi) is 5.43. The van der Waals surface area contributed by atoms with Crippen molar-refractivity contribution in [1.29, 1.82) is 0 Å². The monoisotopic (exact) mass is 320 g/mol. The number of benzene rings is 2. The first-order chi connectivity index (χ1) is 11.9. The number of aliphatic hydroxyl groups is 1. The van der Waals surface area contributed by atoms with E-state index in [1.165, 1.54) is 5.56 Å². The highest BCUT2D eigenvalue weighted by molar-refractivity contribution is 5.51. The average Bonchev–Trinajstić information content (AvgIpc) is 2.67. The molecule has 0 saturated carbocycles. The molecule has 0 spiro atoms. The molecule has 1 aromatic heterocycles. The third-order valence-corrected chi connectivity index (χ3v) is 3.70. The smallest absolute Gasteiger partial charge is 0.119 e. The van der Waals surface area contributed by atoms with Crippen LogP contribution in [0.25, 0.3) is 0 Å². The van der Waals surface area contributed by atoms with Gasteiger partial charge in [-0.05, 0) is 47.5 Å².